The number of rotatable bonds is 10. The molecule has 2 N–H and O–H groups in total. The molecule has 0 saturated carbocycles. The summed E-state index contributed by atoms with van der Waals surface area (Å²) >= 11 is 6.38. The highest BCUT2D eigenvalue weighted by Gasteiger charge is 2.32. The van der Waals surface area contributed by atoms with Crippen LogP contribution < -0.4 is 14.8 Å². The highest BCUT2D eigenvalue weighted by atomic mass is 35.5. The van der Waals surface area contributed by atoms with Gasteiger partial charge in [-0.3, -0.25) is 9.59 Å². The van der Waals surface area contributed by atoms with Crippen molar-refractivity contribution < 1.29 is 31.9 Å². The molecule has 45 heavy (non-hydrogen) atoms. The number of sulfonamides is 1. The molecule has 0 radical (unpaired) electrons. The Balaban J connectivity index is 1.48. The maximum Gasteiger partial charge on any atom is 0.324 e. The lowest BCUT2D eigenvalue weighted by Crippen LogP contribution is -2.47. The first-order valence-corrected chi connectivity index (χ1v) is 16.5. The predicted molar refractivity (Wildman–Crippen MR) is 176 cm³/mol. The number of carbonyl (C=O) groups is 2. The fourth-order valence-electron chi connectivity index (χ4n) is 4.66. The molecule has 4 rings (SSSR count). The highest BCUT2D eigenvalue weighted by molar-refractivity contribution is 7.89. The zero-order valence-electron chi connectivity index (χ0n) is 26.6. The second-order valence-electron chi connectivity index (χ2n) is 12.4. The van der Waals surface area contributed by atoms with E-state index in [0.29, 0.717) is 33.0 Å². The molecule has 1 atom stereocenters. The number of amides is 1. The van der Waals surface area contributed by atoms with Gasteiger partial charge in [0.05, 0.1) is 21.4 Å². The molecule has 9 nitrogen and oxygen atoms in total. The molecule has 0 saturated heterocycles. The summed E-state index contributed by atoms with van der Waals surface area (Å²) in [6.45, 7) is 14.3. The van der Waals surface area contributed by atoms with Gasteiger partial charge in [0.25, 0.3) is 5.91 Å². The summed E-state index contributed by atoms with van der Waals surface area (Å²) in [7, 11) is -4.00. The number of halogens is 1. The Hall–Kier alpha value is -3.86. The van der Waals surface area contributed by atoms with E-state index in [4.69, 9.17) is 25.5 Å². The van der Waals surface area contributed by atoms with Crippen molar-refractivity contribution in [3.8, 4) is 16.9 Å². The largest absolute Gasteiger partial charge is 0.489 e. The van der Waals surface area contributed by atoms with E-state index in [1.807, 2.05) is 26.0 Å². The lowest BCUT2D eigenvalue weighted by atomic mass is 10.1. The predicted octanol–water partition coefficient (Wildman–Crippen LogP) is 7.75. The Morgan fingerprint density at radius 1 is 0.889 bits per heavy atom. The smallest absolute Gasteiger partial charge is 0.324 e. The number of ether oxygens (including phenoxy) is 2. The van der Waals surface area contributed by atoms with Gasteiger partial charge in [0.1, 0.15) is 23.0 Å². The van der Waals surface area contributed by atoms with E-state index in [0.717, 1.165) is 11.1 Å². The Morgan fingerprint density at radius 3 is 2.00 bits per heavy atom. The summed E-state index contributed by atoms with van der Waals surface area (Å²) in [5, 5.41) is 3.95. The second-order valence-corrected chi connectivity index (χ2v) is 14.5. The van der Waals surface area contributed by atoms with Crippen LogP contribution in [0.25, 0.3) is 22.1 Å². The van der Waals surface area contributed by atoms with E-state index in [1.54, 1.807) is 77.9 Å². The van der Waals surface area contributed by atoms with E-state index in [-0.39, 0.29) is 22.7 Å². The zero-order chi connectivity index (χ0) is 33.3. The summed E-state index contributed by atoms with van der Waals surface area (Å²) < 4.78 is 45.9. The topological polar surface area (TPSA) is 124 Å². The van der Waals surface area contributed by atoms with E-state index in [9.17, 15) is 18.0 Å². The minimum Gasteiger partial charge on any atom is -0.489 e. The van der Waals surface area contributed by atoms with Crippen molar-refractivity contribution in [3.63, 3.8) is 0 Å². The minimum absolute atomic E-state index is 0.0220. The molecule has 11 heteroatoms. The van der Waals surface area contributed by atoms with Crippen molar-refractivity contribution in [1.82, 2.24) is 4.72 Å². The van der Waals surface area contributed by atoms with Gasteiger partial charge in [-0.25, -0.2) is 8.42 Å². The third kappa shape index (κ3) is 8.06. The second kappa shape index (κ2) is 13.2. The summed E-state index contributed by atoms with van der Waals surface area (Å²) in [5.74, 6) is -0.739. The van der Waals surface area contributed by atoms with Crippen LogP contribution in [0.5, 0.6) is 5.75 Å². The van der Waals surface area contributed by atoms with Gasteiger partial charge in [0.2, 0.25) is 10.0 Å². The zero-order valence-corrected chi connectivity index (χ0v) is 28.2. The lowest BCUT2D eigenvalue weighted by Gasteiger charge is -2.26. The maximum absolute atomic E-state index is 13.2. The lowest BCUT2D eigenvalue weighted by molar-refractivity contribution is -0.158. The number of fused-ring (bicyclic) bond motifs is 1. The molecule has 4 aromatic rings. The number of benzene rings is 3. The fraction of sp³-hybridized carbons (Fsp3) is 0.353. The molecule has 3 aromatic carbocycles. The standard InChI is InChI=1S/C34H39ClN2O7S/c1-19(2)29(33(39)44-34(6,7)8)37-45(40,41)25-15-11-23(12-16-25)22-9-13-24(14-10-22)36-32(38)30-21(5)28-27(43-30)18-17-26(35)31(28)42-20(3)4/h9-20,29,37H,1-8H3,(H,36,38)/t29-/m0/s1. The van der Waals surface area contributed by atoms with Gasteiger partial charge in [-0.1, -0.05) is 49.7 Å². The maximum atomic E-state index is 13.2. The average Bonchev–Trinajstić information content (AvgIpc) is 3.29. The van der Waals surface area contributed by atoms with Crippen molar-refractivity contribution >= 4 is 50.2 Å². The molecule has 240 valence electrons. The van der Waals surface area contributed by atoms with Crippen LogP contribution in [0, 0.1) is 12.8 Å². The van der Waals surface area contributed by atoms with E-state index < -0.39 is 33.5 Å². The summed E-state index contributed by atoms with van der Waals surface area (Å²) in [4.78, 5) is 25.8. The van der Waals surface area contributed by atoms with Crippen molar-refractivity contribution in [3.05, 3.63) is 77.0 Å². The number of nitrogens with one attached hydrogen (secondary N) is 2. The number of furan rings is 1. The molecule has 0 aliphatic carbocycles. The molecular formula is C34H39ClN2O7S. The van der Waals surface area contributed by atoms with Crippen molar-refractivity contribution in [1.29, 1.82) is 0 Å². The molecular weight excluding hydrogens is 616 g/mol. The van der Waals surface area contributed by atoms with Gasteiger partial charge in [-0.05, 0) is 95.0 Å². The molecule has 0 unspecified atom stereocenters. The molecule has 1 heterocycles. The van der Waals surface area contributed by atoms with E-state index in [2.05, 4.69) is 10.0 Å². The molecule has 0 spiro atoms. The fourth-order valence-corrected chi connectivity index (χ4v) is 6.20. The minimum atomic E-state index is -4.00. The van der Waals surface area contributed by atoms with Crippen molar-refractivity contribution in [2.45, 2.75) is 78.0 Å². The number of hydrogen-bond acceptors (Lipinski definition) is 7. The van der Waals surface area contributed by atoms with Crippen LogP contribution in [0.1, 0.15) is 64.6 Å². The summed E-state index contributed by atoms with van der Waals surface area (Å²) in [6, 6.07) is 15.8. The molecule has 1 amide bonds. The van der Waals surface area contributed by atoms with Crippen LogP contribution >= 0.6 is 11.6 Å². The SMILES string of the molecule is Cc1c(C(=O)Nc2ccc(-c3ccc(S(=O)(=O)N[C@H](C(=O)OC(C)(C)C)C(C)C)cc3)cc2)oc2ccc(Cl)c(OC(C)C)c12. The normalized spacial score (nSPS) is 12.9. The number of esters is 1. The number of carbonyl (C=O) groups excluding carboxylic acids is 2. The van der Waals surface area contributed by atoms with Crippen LogP contribution in [0.4, 0.5) is 5.69 Å². The van der Waals surface area contributed by atoms with Gasteiger partial charge in [-0.2, -0.15) is 4.72 Å². The monoisotopic (exact) mass is 654 g/mol. The average molecular weight is 655 g/mol. The number of anilines is 1. The Labute approximate surface area is 269 Å². The molecule has 0 aliphatic rings. The van der Waals surface area contributed by atoms with Crippen LogP contribution in [-0.2, 0) is 19.6 Å². The first-order chi connectivity index (χ1) is 21.0. The Bertz CT molecular complexity index is 1800. The summed E-state index contributed by atoms with van der Waals surface area (Å²) in [6.07, 6.45) is -0.114. The first-order valence-electron chi connectivity index (χ1n) is 14.6. The van der Waals surface area contributed by atoms with Crippen molar-refractivity contribution in [2.75, 3.05) is 5.32 Å². The molecule has 0 fully saturated rings. The summed E-state index contributed by atoms with van der Waals surface area (Å²) in [5.41, 5.74) is 2.49. The third-order valence-corrected chi connectivity index (χ3v) is 8.56. The van der Waals surface area contributed by atoms with Crippen LogP contribution in [0.2, 0.25) is 5.02 Å². The first kappa shape index (κ1) is 34.0. The van der Waals surface area contributed by atoms with Crippen LogP contribution in [-0.4, -0.2) is 38.0 Å². The van der Waals surface area contributed by atoms with E-state index in [1.165, 1.54) is 12.1 Å². The van der Waals surface area contributed by atoms with Gasteiger partial charge in [0.15, 0.2) is 5.76 Å². The van der Waals surface area contributed by atoms with E-state index >= 15 is 0 Å². The van der Waals surface area contributed by atoms with Crippen molar-refractivity contribution in [2.24, 2.45) is 5.92 Å². The van der Waals surface area contributed by atoms with Crippen LogP contribution in [0.3, 0.4) is 0 Å². The van der Waals surface area contributed by atoms with Gasteiger partial charge >= 0.3 is 5.97 Å². The highest BCUT2D eigenvalue weighted by Crippen LogP contribution is 2.39. The van der Waals surface area contributed by atoms with Gasteiger partial charge < -0.3 is 19.2 Å². The van der Waals surface area contributed by atoms with Gasteiger partial charge in [0, 0.05) is 11.3 Å². The Morgan fingerprint density at radius 2 is 1.47 bits per heavy atom. The Kier molecular flexibility index (Phi) is 10.0. The number of aryl methyl sites for hydroxylation is 1. The molecule has 0 aliphatic heterocycles. The third-order valence-electron chi connectivity index (χ3n) is 6.81. The quantitative estimate of drug-likeness (QED) is 0.168. The van der Waals surface area contributed by atoms with Crippen LogP contribution in [0.15, 0.2) is 70.0 Å². The number of hydrogen-bond donors (Lipinski definition) is 2. The molecule has 1 aromatic heterocycles. The molecule has 0 bridgehead atoms. The van der Waals surface area contributed by atoms with Gasteiger partial charge in [-0.15, -0.1) is 0 Å².